The predicted octanol–water partition coefficient (Wildman–Crippen LogP) is 1.55. The van der Waals surface area contributed by atoms with E-state index in [2.05, 4.69) is 5.32 Å². The minimum Gasteiger partial charge on any atom is -0.480 e. The summed E-state index contributed by atoms with van der Waals surface area (Å²) < 4.78 is 0. The number of carboxylic acid groups (broad SMARTS) is 1. The van der Waals surface area contributed by atoms with Crippen LogP contribution in [0.15, 0.2) is 0 Å². The van der Waals surface area contributed by atoms with Gasteiger partial charge >= 0.3 is 5.97 Å². The maximum Gasteiger partial charge on any atom is 0.319 e. The molecule has 4 nitrogen and oxygen atoms in total. The molecule has 0 radical (unpaired) electrons. The quantitative estimate of drug-likeness (QED) is 0.713. The zero-order valence-electron chi connectivity index (χ0n) is 10.00. The maximum atomic E-state index is 12.0. The first-order valence-corrected chi connectivity index (χ1v) is 6.61. The van der Waals surface area contributed by atoms with Gasteiger partial charge in [0.05, 0.1) is 0 Å². The smallest absolute Gasteiger partial charge is 0.319 e. The molecule has 4 heteroatoms. The summed E-state index contributed by atoms with van der Waals surface area (Å²) in [6.07, 6.45) is 6.86. The molecule has 0 aromatic heterocycles. The third-order valence-corrected chi connectivity index (χ3v) is 4.99. The summed E-state index contributed by atoms with van der Waals surface area (Å²) in [5.41, 5.74) is -0.751. The fraction of sp³-hybridized carbons (Fsp3) is 0.846. The van der Waals surface area contributed by atoms with E-state index in [1.54, 1.807) is 0 Å². The molecular formula is C13H19NO3. The lowest BCUT2D eigenvalue weighted by molar-refractivity contribution is -0.162. The zero-order chi connectivity index (χ0) is 12.1. The number of amides is 1. The highest BCUT2D eigenvalue weighted by Crippen LogP contribution is 2.60. The molecule has 0 spiro atoms. The molecule has 94 valence electrons. The highest BCUT2D eigenvalue weighted by atomic mass is 16.4. The predicted molar refractivity (Wildman–Crippen MR) is 61.3 cm³/mol. The molecule has 17 heavy (non-hydrogen) atoms. The molecule has 0 saturated heterocycles. The number of carboxylic acids is 1. The highest BCUT2D eigenvalue weighted by Gasteiger charge is 2.55. The van der Waals surface area contributed by atoms with Crippen molar-refractivity contribution in [1.82, 2.24) is 5.32 Å². The first kappa shape index (κ1) is 11.1. The van der Waals surface area contributed by atoms with Gasteiger partial charge < -0.3 is 10.4 Å². The molecule has 3 aliphatic rings. The van der Waals surface area contributed by atoms with Crippen LogP contribution in [-0.4, -0.2) is 23.5 Å². The Morgan fingerprint density at radius 2 is 1.82 bits per heavy atom. The minimum absolute atomic E-state index is 0.247. The van der Waals surface area contributed by atoms with Crippen molar-refractivity contribution < 1.29 is 14.7 Å². The monoisotopic (exact) mass is 237 g/mol. The number of hydrogen-bond acceptors (Lipinski definition) is 2. The van der Waals surface area contributed by atoms with Gasteiger partial charge in [-0.1, -0.05) is 6.42 Å². The van der Waals surface area contributed by atoms with Crippen LogP contribution < -0.4 is 5.32 Å². The average molecular weight is 237 g/mol. The Morgan fingerprint density at radius 1 is 1.18 bits per heavy atom. The number of nitrogens with one attached hydrogen (secondary N) is 1. The van der Waals surface area contributed by atoms with Gasteiger partial charge in [0.15, 0.2) is 0 Å². The summed E-state index contributed by atoms with van der Waals surface area (Å²) in [4.78, 5) is 23.2. The van der Waals surface area contributed by atoms with Gasteiger partial charge in [-0.25, -0.2) is 0 Å². The van der Waals surface area contributed by atoms with Gasteiger partial charge in [-0.15, -0.1) is 0 Å². The van der Waals surface area contributed by atoms with E-state index < -0.39 is 11.4 Å². The van der Waals surface area contributed by atoms with Gasteiger partial charge in [0.2, 0.25) is 5.91 Å². The maximum absolute atomic E-state index is 12.0. The summed E-state index contributed by atoms with van der Waals surface area (Å²) >= 11 is 0. The normalized spacial score (nSPS) is 28.0. The van der Waals surface area contributed by atoms with E-state index in [9.17, 15) is 9.59 Å². The lowest BCUT2D eigenvalue weighted by atomic mass is 9.68. The Labute approximate surface area is 101 Å². The Kier molecular flexibility index (Phi) is 2.25. The van der Waals surface area contributed by atoms with Gasteiger partial charge in [-0.05, 0) is 49.9 Å². The van der Waals surface area contributed by atoms with Gasteiger partial charge in [-0.2, -0.15) is 0 Å². The number of hydrogen-bond donors (Lipinski definition) is 2. The fourth-order valence-corrected chi connectivity index (χ4v) is 3.08. The van der Waals surface area contributed by atoms with Crippen molar-refractivity contribution in [3.8, 4) is 0 Å². The SMILES string of the molecule is O=C(O)C1(C(=O)NCC2(C3CC3)CC2)CCC1. The van der Waals surface area contributed by atoms with Crippen molar-refractivity contribution >= 4 is 11.9 Å². The molecule has 3 saturated carbocycles. The zero-order valence-corrected chi connectivity index (χ0v) is 10.00. The van der Waals surface area contributed by atoms with Crippen molar-refractivity contribution in [2.24, 2.45) is 16.7 Å². The van der Waals surface area contributed by atoms with Crippen LogP contribution in [0, 0.1) is 16.7 Å². The standard InChI is InChI=1S/C13H19NO3/c15-10(13(11(16)17)4-1-5-13)14-8-12(6-7-12)9-2-3-9/h9H,1-8H2,(H,14,15)(H,16,17). The van der Waals surface area contributed by atoms with Crippen molar-refractivity contribution in [2.75, 3.05) is 6.54 Å². The summed E-state index contributed by atoms with van der Waals surface area (Å²) in [7, 11) is 0. The largest absolute Gasteiger partial charge is 0.480 e. The molecule has 0 aromatic rings. The molecule has 0 aliphatic heterocycles. The second-order valence-corrected chi connectivity index (χ2v) is 6.06. The van der Waals surface area contributed by atoms with Crippen molar-refractivity contribution in [1.29, 1.82) is 0 Å². The van der Waals surface area contributed by atoms with Crippen molar-refractivity contribution in [2.45, 2.75) is 44.9 Å². The number of carbonyl (C=O) groups excluding carboxylic acids is 1. The third-order valence-electron chi connectivity index (χ3n) is 4.99. The molecule has 2 N–H and O–H groups in total. The molecule has 0 unspecified atom stereocenters. The third kappa shape index (κ3) is 1.65. The van der Waals surface area contributed by atoms with E-state index >= 15 is 0 Å². The van der Waals surface area contributed by atoms with Crippen molar-refractivity contribution in [3.63, 3.8) is 0 Å². The van der Waals surface area contributed by atoms with Crippen LogP contribution in [-0.2, 0) is 9.59 Å². The molecule has 1 amide bonds. The number of carbonyl (C=O) groups is 2. The average Bonchev–Trinajstić information content (AvgIpc) is 3.05. The fourth-order valence-electron chi connectivity index (χ4n) is 3.08. The lowest BCUT2D eigenvalue weighted by Crippen LogP contribution is -2.52. The second kappa shape index (κ2) is 3.47. The topological polar surface area (TPSA) is 66.4 Å². The van der Waals surface area contributed by atoms with E-state index in [1.807, 2.05) is 0 Å². The number of rotatable bonds is 5. The molecule has 3 aliphatic carbocycles. The van der Waals surface area contributed by atoms with Crippen LogP contribution >= 0.6 is 0 Å². The summed E-state index contributed by atoms with van der Waals surface area (Å²) in [5, 5.41) is 12.1. The van der Waals surface area contributed by atoms with E-state index in [0.717, 1.165) is 12.3 Å². The summed E-state index contributed by atoms with van der Waals surface area (Å²) in [6.45, 7) is 0.700. The first-order chi connectivity index (χ1) is 8.09. The lowest BCUT2D eigenvalue weighted by Gasteiger charge is -2.36. The molecule has 0 heterocycles. The molecule has 0 bridgehead atoms. The molecule has 3 rings (SSSR count). The van der Waals surface area contributed by atoms with E-state index in [-0.39, 0.29) is 5.91 Å². The highest BCUT2D eigenvalue weighted by molar-refractivity contribution is 6.02. The molecule has 0 atom stereocenters. The van der Waals surface area contributed by atoms with Gasteiger partial charge in [0, 0.05) is 6.54 Å². The van der Waals surface area contributed by atoms with Crippen LogP contribution in [0.2, 0.25) is 0 Å². The van der Waals surface area contributed by atoms with Crippen LogP contribution in [0.3, 0.4) is 0 Å². The van der Waals surface area contributed by atoms with E-state index in [0.29, 0.717) is 24.8 Å². The van der Waals surface area contributed by atoms with Crippen LogP contribution in [0.5, 0.6) is 0 Å². The van der Waals surface area contributed by atoms with Crippen LogP contribution in [0.25, 0.3) is 0 Å². The van der Waals surface area contributed by atoms with Crippen LogP contribution in [0.1, 0.15) is 44.9 Å². The van der Waals surface area contributed by atoms with E-state index in [4.69, 9.17) is 5.11 Å². The number of aliphatic carboxylic acids is 1. The molecular weight excluding hydrogens is 218 g/mol. The molecule has 0 aromatic carbocycles. The van der Waals surface area contributed by atoms with Crippen molar-refractivity contribution in [3.05, 3.63) is 0 Å². The Balaban J connectivity index is 1.58. The summed E-state index contributed by atoms with van der Waals surface area (Å²) in [6, 6.07) is 0. The second-order valence-electron chi connectivity index (χ2n) is 6.06. The Hall–Kier alpha value is -1.06. The molecule has 3 fully saturated rings. The van der Waals surface area contributed by atoms with Gasteiger partial charge in [0.25, 0.3) is 0 Å². The summed E-state index contributed by atoms with van der Waals surface area (Å²) in [5.74, 6) is -0.398. The first-order valence-electron chi connectivity index (χ1n) is 6.61. The van der Waals surface area contributed by atoms with E-state index in [1.165, 1.54) is 25.7 Å². The minimum atomic E-state index is -1.10. The Morgan fingerprint density at radius 3 is 2.18 bits per heavy atom. The van der Waals surface area contributed by atoms with Crippen LogP contribution in [0.4, 0.5) is 0 Å². The Bertz CT molecular complexity index is 365. The van der Waals surface area contributed by atoms with Gasteiger partial charge in [0.1, 0.15) is 5.41 Å². The van der Waals surface area contributed by atoms with Gasteiger partial charge in [-0.3, -0.25) is 9.59 Å².